The van der Waals surface area contributed by atoms with Crippen molar-refractivity contribution in [3.8, 4) is 11.3 Å². The summed E-state index contributed by atoms with van der Waals surface area (Å²) in [5.41, 5.74) is 15.1. The second kappa shape index (κ2) is 14.4. The Balaban J connectivity index is 1.58. The summed E-state index contributed by atoms with van der Waals surface area (Å²) in [5.74, 6) is 1.49. The first-order chi connectivity index (χ1) is 18.6. The van der Waals surface area contributed by atoms with Gasteiger partial charge in [0.25, 0.3) is 0 Å². The molecule has 1 saturated heterocycles. The Bertz CT molecular complexity index is 1140. The Kier molecular flexibility index (Phi) is 11.2. The van der Waals surface area contributed by atoms with Crippen molar-refractivity contribution in [1.29, 1.82) is 0 Å². The summed E-state index contributed by atoms with van der Waals surface area (Å²) in [6, 6.07) is 11.1. The molecule has 1 aromatic heterocycles. The van der Waals surface area contributed by atoms with Crippen molar-refractivity contribution in [1.82, 2.24) is 4.98 Å². The average molecular weight is 531 g/mol. The van der Waals surface area contributed by atoms with Crippen LogP contribution in [-0.2, 0) is 4.74 Å². The first-order valence-electron chi connectivity index (χ1n) is 14.6. The second-order valence-corrected chi connectivity index (χ2v) is 11.5. The van der Waals surface area contributed by atoms with Gasteiger partial charge in [-0.3, -0.25) is 4.98 Å². The van der Waals surface area contributed by atoms with Gasteiger partial charge in [0.05, 0.1) is 23.2 Å². The largest absolute Gasteiger partial charge is 0.399 e. The van der Waals surface area contributed by atoms with E-state index in [0.717, 1.165) is 71.2 Å². The van der Waals surface area contributed by atoms with Gasteiger partial charge in [0.15, 0.2) is 0 Å². The number of rotatable bonds is 13. The zero-order chi connectivity index (χ0) is 28.5. The number of hydrogen-bond acceptors (Lipinski definition) is 5. The van der Waals surface area contributed by atoms with Crippen LogP contribution in [0.25, 0.3) is 11.3 Å². The minimum atomic E-state index is -0.147. The van der Waals surface area contributed by atoms with Gasteiger partial charge in [-0.25, -0.2) is 0 Å². The van der Waals surface area contributed by atoms with Crippen molar-refractivity contribution in [3.63, 3.8) is 0 Å². The molecule has 0 radical (unpaired) electrons. The number of piperidine rings is 1. The first-order valence-corrected chi connectivity index (χ1v) is 14.6. The van der Waals surface area contributed by atoms with Crippen molar-refractivity contribution in [3.05, 3.63) is 77.7 Å². The molecule has 1 fully saturated rings. The van der Waals surface area contributed by atoms with E-state index in [0.29, 0.717) is 18.3 Å². The maximum Gasteiger partial charge on any atom is 0.117 e. The standard InChI is InChI=1S/C34H50N4O/c1-9-29-16-18-38(19-17-29)32-14-12-30(13-15-32)34-25(5)21-33(27(7)37-34)36-22-39-28(8)24(4)20-31(26(6)35)11-10-23(2)3/h12-15,20-21,23,28-29,36H,4,6,9-11,16-19,22,35H2,1-3,5,7-8H3/b31-20+. The van der Waals surface area contributed by atoms with E-state index in [-0.39, 0.29) is 6.10 Å². The summed E-state index contributed by atoms with van der Waals surface area (Å²) in [4.78, 5) is 7.46. The second-order valence-electron chi connectivity index (χ2n) is 11.5. The molecule has 0 aliphatic carbocycles. The number of allylic oxidation sites excluding steroid dienone is 1. The van der Waals surface area contributed by atoms with Crippen LogP contribution in [-0.4, -0.2) is 30.9 Å². The molecule has 0 spiro atoms. The van der Waals surface area contributed by atoms with Gasteiger partial charge in [0.2, 0.25) is 0 Å². The van der Waals surface area contributed by atoms with Gasteiger partial charge in [-0.2, -0.15) is 0 Å². The molecule has 2 aromatic rings. The molecule has 1 aliphatic heterocycles. The van der Waals surface area contributed by atoms with Crippen LogP contribution in [0, 0.1) is 25.7 Å². The quantitative estimate of drug-likeness (QED) is 0.202. The molecule has 3 N–H and O–H groups in total. The molecule has 0 saturated carbocycles. The third-order valence-electron chi connectivity index (χ3n) is 7.98. The third kappa shape index (κ3) is 8.72. The van der Waals surface area contributed by atoms with E-state index in [1.54, 1.807) is 0 Å². The molecule has 1 atom stereocenters. The normalized spacial score (nSPS) is 15.5. The molecule has 0 amide bonds. The number of nitrogens with one attached hydrogen (secondary N) is 1. The number of benzene rings is 1. The number of aromatic nitrogens is 1. The minimum Gasteiger partial charge on any atom is -0.399 e. The Hall–Kier alpha value is -3.05. The minimum absolute atomic E-state index is 0.147. The molecule has 5 heteroatoms. The highest BCUT2D eigenvalue weighted by molar-refractivity contribution is 5.69. The van der Waals surface area contributed by atoms with E-state index in [1.807, 2.05) is 19.9 Å². The lowest BCUT2D eigenvalue weighted by atomic mass is 9.94. The molecule has 212 valence electrons. The molecule has 39 heavy (non-hydrogen) atoms. The van der Waals surface area contributed by atoms with Crippen molar-refractivity contribution in [2.75, 3.05) is 30.0 Å². The van der Waals surface area contributed by atoms with Crippen LogP contribution < -0.4 is 16.0 Å². The smallest absolute Gasteiger partial charge is 0.117 e. The van der Waals surface area contributed by atoms with E-state index in [1.165, 1.54) is 24.9 Å². The van der Waals surface area contributed by atoms with Gasteiger partial charge in [-0.1, -0.05) is 58.6 Å². The van der Waals surface area contributed by atoms with Crippen LogP contribution in [0.3, 0.4) is 0 Å². The fourth-order valence-electron chi connectivity index (χ4n) is 5.07. The predicted octanol–water partition coefficient (Wildman–Crippen LogP) is 8.16. The first kappa shape index (κ1) is 30.5. The molecule has 1 aromatic carbocycles. The number of nitrogens with zero attached hydrogens (tertiary/aromatic N) is 2. The highest BCUT2D eigenvalue weighted by Crippen LogP contribution is 2.30. The maximum atomic E-state index is 6.05. The van der Waals surface area contributed by atoms with Gasteiger partial charge in [0, 0.05) is 30.0 Å². The van der Waals surface area contributed by atoms with E-state index >= 15 is 0 Å². The van der Waals surface area contributed by atoms with Crippen molar-refractivity contribution < 1.29 is 4.74 Å². The number of anilines is 2. The fourth-order valence-corrected chi connectivity index (χ4v) is 5.07. The van der Waals surface area contributed by atoms with Crippen LogP contribution in [0.1, 0.15) is 71.1 Å². The molecule has 3 rings (SSSR count). The number of nitrogens with two attached hydrogens (primary N) is 1. The summed E-state index contributed by atoms with van der Waals surface area (Å²) in [7, 11) is 0. The van der Waals surface area contributed by atoms with Crippen molar-refractivity contribution >= 4 is 11.4 Å². The fraction of sp³-hybridized carbons (Fsp3) is 0.500. The molecular weight excluding hydrogens is 480 g/mol. The van der Waals surface area contributed by atoms with Gasteiger partial charge in [-0.05, 0) is 93.2 Å². The molecule has 5 nitrogen and oxygen atoms in total. The highest BCUT2D eigenvalue weighted by atomic mass is 16.5. The van der Waals surface area contributed by atoms with Gasteiger partial charge < -0.3 is 20.7 Å². The van der Waals surface area contributed by atoms with Crippen LogP contribution in [0.4, 0.5) is 11.4 Å². The number of aryl methyl sites for hydroxylation is 2. The van der Waals surface area contributed by atoms with E-state index in [4.69, 9.17) is 15.5 Å². The lowest BCUT2D eigenvalue weighted by Crippen LogP contribution is -2.33. The molecule has 1 unspecified atom stereocenters. The van der Waals surface area contributed by atoms with Crippen LogP contribution in [0.2, 0.25) is 0 Å². The molecular formula is C34H50N4O. The summed E-state index contributed by atoms with van der Waals surface area (Å²) in [6.45, 7) is 23.7. The Morgan fingerprint density at radius 3 is 2.41 bits per heavy atom. The van der Waals surface area contributed by atoms with Crippen LogP contribution in [0.5, 0.6) is 0 Å². The van der Waals surface area contributed by atoms with E-state index in [9.17, 15) is 0 Å². The molecule has 1 aliphatic rings. The van der Waals surface area contributed by atoms with Crippen molar-refractivity contribution in [2.24, 2.45) is 17.6 Å². The van der Waals surface area contributed by atoms with E-state index in [2.05, 4.69) is 81.4 Å². The lowest BCUT2D eigenvalue weighted by Gasteiger charge is -2.33. The van der Waals surface area contributed by atoms with E-state index < -0.39 is 0 Å². The Morgan fingerprint density at radius 2 is 1.82 bits per heavy atom. The number of ether oxygens (including phenoxy) is 1. The molecule has 0 bridgehead atoms. The monoisotopic (exact) mass is 530 g/mol. The zero-order valence-electron chi connectivity index (χ0n) is 25.1. The maximum absolute atomic E-state index is 6.05. The van der Waals surface area contributed by atoms with Gasteiger partial charge >= 0.3 is 0 Å². The highest BCUT2D eigenvalue weighted by Gasteiger charge is 2.18. The summed E-state index contributed by atoms with van der Waals surface area (Å²) in [6.07, 6.45) is 7.73. The Labute approximate surface area is 237 Å². The zero-order valence-corrected chi connectivity index (χ0v) is 25.1. The van der Waals surface area contributed by atoms with Crippen LogP contribution in [0.15, 0.2) is 66.4 Å². The Morgan fingerprint density at radius 1 is 1.15 bits per heavy atom. The number of pyridine rings is 1. The van der Waals surface area contributed by atoms with Crippen LogP contribution >= 0.6 is 0 Å². The summed E-state index contributed by atoms with van der Waals surface area (Å²) >= 11 is 0. The van der Waals surface area contributed by atoms with Gasteiger partial charge in [0.1, 0.15) is 6.73 Å². The van der Waals surface area contributed by atoms with Crippen molar-refractivity contribution in [2.45, 2.75) is 79.8 Å². The summed E-state index contributed by atoms with van der Waals surface area (Å²) < 4.78 is 6.05. The molecule has 2 heterocycles. The topological polar surface area (TPSA) is 63.4 Å². The SMILES string of the molecule is C=C(N)/C(=C/C(=C)C(C)OCNc1cc(C)c(-c2ccc(N3CCC(CC)CC3)cc2)nc1C)CCC(C)C. The summed E-state index contributed by atoms with van der Waals surface area (Å²) in [5, 5.41) is 3.40. The predicted molar refractivity (Wildman–Crippen MR) is 168 cm³/mol. The third-order valence-corrected chi connectivity index (χ3v) is 7.98. The average Bonchev–Trinajstić information content (AvgIpc) is 2.92. The lowest BCUT2D eigenvalue weighted by molar-refractivity contribution is 0.108. The number of hydrogen-bond donors (Lipinski definition) is 2. The van der Waals surface area contributed by atoms with Gasteiger partial charge in [-0.15, -0.1) is 0 Å².